The van der Waals surface area contributed by atoms with Crippen LogP contribution >= 0.6 is 0 Å². The van der Waals surface area contributed by atoms with Crippen molar-refractivity contribution in [2.75, 3.05) is 5.32 Å². The number of anilines is 2. The number of aromatic hydroxyl groups is 1. The zero-order valence-electron chi connectivity index (χ0n) is 17.7. The number of hydrogen-bond acceptors (Lipinski definition) is 4. The number of nitrogens with one attached hydrogen (secondary N) is 2. The Labute approximate surface area is 190 Å². The molecular formula is C28H20N4O. The molecule has 2 aromatic heterocycles. The van der Waals surface area contributed by atoms with Gasteiger partial charge in [-0.05, 0) is 60.2 Å². The van der Waals surface area contributed by atoms with Gasteiger partial charge in [0.05, 0.1) is 28.1 Å². The molecule has 4 aromatic carbocycles. The molecule has 3 N–H and O–H groups in total. The van der Waals surface area contributed by atoms with Gasteiger partial charge in [-0.3, -0.25) is 5.10 Å². The van der Waals surface area contributed by atoms with Crippen molar-refractivity contribution < 1.29 is 5.11 Å². The summed E-state index contributed by atoms with van der Waals surface area (Å²) in [6, 6.07) is 33.7. The van der Waals surface area contributed by atoms with Gasteiger partial charge in [-0.25, -0.2) is 4.98 Å². The molecule has 0 aliphatic rings. The van der Waals surface area contributed by atoms with Gasteiger partial charge >= 0.3 is 0 Å². The molecule has 0 atom stereocenters. The zero-order valence-corrected chi connectivity index (χ0v) is 17.7. The minimum Gasteiger partial charge on any atom is -0.508 e. The molecule has 0 radical (unpaired) electrons. The summed E-state index contributed by atoms with van der Waals surface area (Å²) in [5.74, 6) is 0.243. The summed E-state index contributed by atoms with van der Waals surface area (Å²) < 4.78 is 0. The van der Waals surface area contributed by atoms with Crippen LogP contribution in [0.4, 0.5) is 11.4 Å². The third kappa shape index (κ3) is 3.55. The van der Waals surface area contributed by atoms with Gasteiger partial charge in [0, 0.05) is 22.0 Å². The molecule has 2 heterocycles. The van der Waals surface area contributed by atoms with Gasteiger partial charge in [0.1, 0.15) is 5.75 Å². The van der Waals surface area contributed by atoms with Crippen LogP contribution in [0.5, 0.6) is 5.75 Å². The Morgan fingerprint density at radius 2 is 1.27 bits per heavy atom. The van der Waals surface area contributed by atoms with E-state index in [1.54, 1.807) is 12.1 Å². The van der Waals surface area contributed by atoms with Crippen molar-refractivity contribution in [2.24, 2.45) is 0 Å². The maximum absolute atomic E-state index is 9.50. The van der Waals surface area contributed by atoms with Crippen molar-refractivity contribution in [3.05, 3.63) is 103 Å². The van der Waals surface area contributed by atoms with Gasteiger partial charge in [0.15, 0.2) is 0 Å². The Morgan fingerprint density at radius 1 is 0.667 bits per heavy atom. The van der Waals surface area contributed by atoms with Gasteiger partial charge in [-0.2, -0.15) is 5.10 Å². The van der Waals surface area contributed by atoms with E-state index in [1.165, 1.54) is 0 Å². The Bertz CT molecular complexity index is 1530. The second-order valence-corrected chi connectivity index (χ2v) is 7.94. The van der Waals surface area contributed by atoms with E-state index in [2.05, 4.69) is 51.9 Å². The first-order valence-electron chi connectivity index (χ1n) is 10.7. The fourth-order valence-corrected chi connectivity index (χ4v) is 4.10. The van der Waals surface area contributed by atoms with Gasteiger partial charge in [-0.15, -0.1) is 0 Å². The molecule has 6 rings (SSSR count). The summed E-state index contributed by atoms with van der Waals surface area (Å²) in [5, 5.41) is 22.8. The third-order valence-electron chi connectivity index (χ3n) is 5.79. The average Bonchev–Trinajstić information content (AvgIpc) is 3.35. The highest BCUT2D eigenvalue weighted by Gasteiger charge is 2.10. The van der Waals surface area contributed by atoms with Gasteiger partial charge < -0.3 is 10.4 Å². The van der Waals surface area contributed by atoms with Crippen LogP contribution in [0.3, 0.4) is 0 Å². The molecule has 0 amide bonds. The summed E-state index contributed by atoms with van der Waals surface area (Å²) in [6.45, 7) is 0. The molecule has 5 heteroatoms. The van der Waals surface area contributed by atoms with E-state index >= 15 is 0 Å². The molecule has 0 spiro atoms. The maximum Gasteiger partial charge on any atom is 0.115 e. The third-order valence-corrected chi connectivity index (χ3v) is 5.79. The number of pyridine rings is 1. The minimum absolute atomic E-state index is 0.243. The number of phenols is 1. The van der Waals surface area contributed by atoms with E-state index in [1.807, 2.05) is 54.6 Å². The lowest BCUT2D eigenvalue weighted by atomic mass is 10.1. The topological polar surface area (TPSA) is 73.8 Å². The normalized spacial score (nSPS) is 11.2. The standard InChI is InChI=1S/C28H20N4O/c33-21-15-11-19(12-16-21)27-17-26(31-32-27)18-9-13-20(14-10-18)29-28-22-5-1-3-7-24(22)30-25-8-4-2-6-23(25)28/h1-17,33H,(H,29,30)(H,31,32). The molecule has 0 saturated heterocycles. The van der Waals surface area contributed by atoms with Crippen LogP contribution in [-0.4, -0.2) is 20.3 Å². The molecule has 0 unspecified atom stereocenters. The number of rotatable bonds is 4. The second-order valence-electron chi connectivity index (χ2n) is 7.94. The Balaban J connectivity index is 1.33. The van der Waals surface area contributed by atoms with E-state index in [0.29, 0.717) is 0 Å². The van der Waals surface area contributed by atoms with Crippen molar-refractivity contribution in [3.63, 3.8) is 0 Å². The number of H-pyrrole nitrogens is 1. The zero-order chi connectivity index (χ0) is 22.2. The predicted octanol–water partition coefficient (Wildman–Crippen LogP) is 6.89. The van der Waals surface area contributed by atoms with Crippen LogP contribution in [0, 0.1) is 0 Å². The highest BCUT2D eigenvalue weighted by Crippen LogP contribution is 2.33. The SMILES string of the molecule is Oc1ccc(-c2cc(-c3ccc(Nc4c5ccccc5nc5ccccc45)cc3)[nH]n2)cc1. The molecule has 0 aliphatic carbocycles. The van der Waals surface area contributed by atoms with Crippen molar-refractivity contribution in [2.45, 2.75) is 0 Å². The average molecular weight is 428 g/mol. The largest absolute Gasteiger partial charge is 0.508 e. The number of aromatic nitrogens is 3. The molecule has 0 fully saturated rings. The fraction of sp³-hybridized carbons (Fsp3) is 0. The fourth-order valence-electron chi connectivity index (χ4n) is 4.10. The quantitative estimate of drug-likeness (QED) is 0.267. The van der Waals surface area contributed by atoms with E-state index in [9.17, 15) is 5.11 Å². The highest BCUT2D eigenvalue weighted by molar-refractivity contribution is 6.08. The maximum atomic E-state index is 9.50. The molecule has 0 bridgehead atoms. The molecule has 158 valence electrons. The van der Waals surface area contributed by atoms with E-state index in [-0.39, 0.29) is 5.75 Å². The van der Waals surface area contributed by atoms with Crippen LogP contribution < -0.4 is 5.32 Å². The Morgan fingerprint density at radius 3 is 1.94 bits per heavy atom. The molecule has 5 nitrogen and oxygen atoms in total. The van der Waals surface area contributed by atoms with E-state index < -0.39 is 0 Å². The van der Waals surface area contributed by atoms with E-state index in [4.69, 9.17) is 4.98 Å². The Kier molecular flexibility index (Phi) is 4.51. The first-order valence-corrected chi connectivity index (χ1v) is 10.7. The number of aromatic amines is 1. The Hall–Kier alpha value is -4.64. The smallest absolute Gasteiger partial charge is 0.115 e. The number of hydrogen-bond donors (Lipinski definition) is 3. The van der Waals surface area contributed by atoms with Crippen LogP contribution in [0.25, 0.3) is 44.3 Å². The van der Waals surface area contributed by atoms with Crippen LogP contribution in [-0.2, 0) is 0 Å². The molecule has 0 saturated carbocycles. The van der Waals surface area contributed by atoms with Crippen LogP contribution in [0.2, 0.25) is 0 Å². The number of fused-ring (bicyclic) bond motifs is 2. The summed E-state index contributed by atoms with van der Waals surface area (Å²) in [7, 11) is 0. The second kappa shape index (κ2) is 7.80. The van der Waals surface area contributed by atoms with Crippen molar-refractivity contribution in [1.82, 2.24) is 15.2 Å². The number of phenolic OH excluding ortho intramolecular Hbond substituents is 1. The molecule has 0 aliphatic heterocycles. The predicted molar refractivity (Wildman–Crippen MR) is 134 cm³/mol. The summed E-state index contributed by atoms with van der Waals surface area (Å²) in [5.41, 5.74) is 7.75. The lowest BCUT2D eigenvalue weighted by molar-refractivity contribution is 0.475. The first-order chi connectivity index (χ1) is 16.2. The van der Waals surface area contributed by atoms with Crippen molar-refractivity contribution >= 4 is 33.2 Å². The number of nitrogens with zero attached hydrogens (tertiary/aromatic N) is 2. The summed E-state index contributed by atoms with van der Waals surface area (Å²) in [6.07, 6.45) is 0. The van der Waals surface area contributed by atoms with E-state index in [0.717, 1.165) is 55.7 Å². The lowest BCUT2D eigenvalue weighted by Gasteiger charge is -2.13. The van der Waals surface area contributed by atoms with Crippen molar-refractivity contribution in [3.8, 4) is 28.3 Å². The van der Waals surface area contributed by atoms with Gasteiger partial charge in [-0.1, -0.05) is 48.5 Å². The summed E-state index contributed by atoms with van der Waals surface area (Å²) >= 11 is 0. The minimum atomic E-state index is 0.243. The van der Waals surface area contributed by atoms with Crippen LogP contribution in [0.15, 0.2) is 103 Å². The number of benzene rings is 4. The lowest BCUT2D eigenvalue weighted by Crippen LogP contribution is -1.95. The first kappa shape index (κ1) is 19.1. The van der Waals surface area contributed by atoms with Crippen LogP contribution in [0.1, 0.15) is 0 Å². The highest BCUT2D eigenvalue weighted by atomic mass is 16.3. The van der Waals surface area contributed by atoms with Gasteiger partial charge in [0.2, 0.25) is 0 Å². The van der Waals surface area contributed by atoms with Gasteiger partial charge in [0.25, 0.3) is 0 Å². The monoisotopic (exact) mass is 428 g/mol. The summed E-state index contributed by atoms with van der Waals surface area (Å²) in [4.78, 5) is 4.80. The molecular weight excluding hydrogens is 408 g/mol. The van der Waals surface area contributed by atoms with Crippen molar-refractivity contribution in [1.29, 1.82) is 0 Å². The number of para-hydroxylation sites is 2. The molecule has 33 heavy (non-hydrogen) atoms. The molecule has 6 aromatic rings.